The number of anilines is 2. The first kappa shape index (κ1) is 23.6. The first-order chi connectivity index (χ1) is 16.1. The van der Waals surface area contributed by atoms with Crippen molar-refractivity contribution in [2.45, 2.75) is 45.1 Å². The number of nitrogens with one attached hydrogen (secondary N) is 1. The molecule has 33 heavy (non-hydrogen) atoms. The summed E-state index contributed by atoms with van der Waals surface area (Å²) >= 11 is 6.00. The van der Waals surface area contributed by atoms with Gasteiger partial charge in [-0.2, -0.15) is 0 Å². The van der Waals surface area contributed by atoms with Crippen LogP contribution in [0.25, 0.3) is 0 Å². The predicted octanol–water partition coefficient (Wildman–Crippen LogP) is 3.34. The number of nitrogens with zero attached hydrogens (tertiary/aromatic N) is 2. The van der Waals surface area contributed by atoms with E-state index in [-0.39, 0.29) is 24.3 Å². The van der Waals surface area contributed by atoms with Gasteiger partial charge in [0.25, 0.3) is 5.91 Å². The fourth-order valence-corrected chi connectivity index (χ4v) is 4.81. The molecule has 0 unspecified atom stereocenters. The van der Waals surface area contributed by atoms with E-state index in [1.165, 1.54) is 29.1 Å². The molecule has 0 radical (unpaired) electrons. The molecule has 7 heteroatoms. The second-order valence-electron chi connectivity index (χ2n) is 8.85. The third kappa shape index (κ3) is 5.68. The van der Waals surface area contributed by atoms with Gasteiger partial charge in [0.1, 0.15) is 5.75 Å². The maximum Gasteiger partial charge on any atom is 0.292 e. The lowest BCUT2D eigenvalue weighted by atomic mass is 10.1. The van der Waals surface area contributed by atoms with E-state index in [9.17, 15) is 9.59 Å². The molecule has 176 valence electrons. The predicted molar refractivity (Wildman–Crippen MR) is 131 cm³/mol. The number of ether oxygens (including phenoxy) is 1. The van der Waals surface area contributed by atoms with Crippen LogP contribution in [-0.2, 0) is 9.59 Å². The molecular formula is C26H33ClN3O3+. The third-order valence-electron chi connectivity index (χ3n) is 6.60. The Kier molecular flexibility index (Phi) is 7.89. The van der Waals surface area contributed by atoms with Crippen LogP contribution in [0, 0.1) is 0 Å². The highest BCUT2D eigenvalue weighted by Gasteiger charge is 2.46. The number of quaternary nitrogens is 1. The van der Waals surface area contributed by atoms with Crippen molar-refractivity contribution >= 4 is 34.8 Å². The van der Waals surface area contributed by atoms with Crippen LogP contribution in [0.1, 0.15) is 39.0 Å². The quantitative estimate of drug-likeness (QED) is 0.451. The zero-order valence-corrected chi connectivity index (χ0v) is 20.0. The fourth-order valence-electron chi connectivity index (χ4n) is 4.68. The molecule has 1 atom stereocenters. The molecule has 0 bridgehead atoms. The average molecular weight is 471 g/mol. The van der Waals surface area contributed by atoms with Gasteiger partial charge >= 0.3 is 0 Å². The zero-order chi connectivity index (χ0) is 23.2. The van der Waals surface area contributed by atoms with E-state index in [2.05, 4.69) is 11.8 Å². The molecule has 6 nitrogen and oxygen atoms in total. The Morgan fingerprint density at radius 1 is 0.939 bits per heavy atom. The van der Waals surface area contributed by atoms with Crippen molar-refractivity contribution in [1.82, 2.24) is 0 Å². The molecule has 2 aromatic carbocycles. The summed E-state index contributed by atoms with van der Waals surface area (Å²) in [5.74, 6) is 0.559. The van der Waals surface area contributed by atoms with Crippen LogP contribution in [0.5, 0.6) is 5.75 Å². The number of hydrogen-bond acceptors (Lipinski definition) is 4. The Labute approximate surface area is 201 Å². The van der Waals surface area contributed by atoms with Gasteiger partial charge in [-0.15, -0.1) is 0 Å². The number of hydrogen-bond donors (Lipinski definition) is 1. The van der Waals surface area contributed by atoms with E-state index in [1.807, 2.05) is 48.5 Å². The van der Waals surface area contributed by atoms with Crippen molar-refractivity contribution in [1.29, 1.82) is 0 Å². The minimum atomic E-state index is -0.306. The Bertz CT molecular complexity index is 940. The number of imide groups is 1. The molecule has 0 spiro atoms. The molecule has 2 aliphatic heterocycles. The highest BCUT2D eigenvalue weighted by molar-refractivity contribution is 6.30. The van der Waals surface area contributed by atoms with Gasteiger partial charge < -0.3 is 14.5 Å². The van der Waals surface area contributed by atoms with Crippen LogP contribution in [0.15, 0.2) is 48.5 Å². The van der Waals surface area contributed by atoms with E-state index < -0.39 is 0 Å². The van der Waals surface area contributed by atoms with Crippen LogP contribution in [-0.4, -0.2) is 50.6 Å². The third-order valence-corrected chi connectivity index (χ3v) is 6.85. The summed E-state index contributed by atoms with van der Waals surface area (Å²) in [5.41, 5.74) is 1.77. The van der Waals surface area contributed by atoms with Gasteiger partial charge in [0, 0.05) is 10.7 Å². The molecule has 2 aromatic rings. The lowest BCUT2D eigenvalue weighted by Crippen LogP contribution is -3.19. The highest BCUT2D eigenvalue weighted by atomic mass is 35.5. The normalized spacial score (nSPS) is 19.4. The molecule has 2 aliphatic rings. The smallest absolute Gasteiger partial charge is 0.292 e. The van der Waals surface area contributed by atoms with Crippen LogP contribution in [0.4, 0.5) is 11.4 Å². The monoisotopic (exact) mass is 470 g/mol. The first-order valence-electron chi connectivity index (χ1n) is 12.0. The van der Waals surface area contributed by atoms with E-state index in [0.717, 1.165) is 49.1 Å². The minimum Gasteiger partial charge on any atom is -0.494 e. The summed E-state index contributed by atoms with van der Waals surface area (Å²) in [4.78, 5) is 30.8. The molecule has 2 heterocycles. The number of piperazine rings is 1. The summed E-state index contributed by atoms with van der Waals surface area (Å²) < 4.78 is 5.79. The second-order valence-corrected chi connectivity index (χ2v) is 9.29. The molecule has 0 saturated carbocycles. The second kappa shape index (κ2) is 11.0. The highest BCUT2D eigenvalue weighted by Crippen LogP contribution is 2.25. The van der Waals surface area contributed by atoms with Crippen LogP contribution >= 0.6 is 11.6 Å². The molecular weight excluding hydrogens is 438 g/mol. The van der Waals surface area contributed by atoms with Crippen molar-refractivity contribution in [2.24, 2.45) is 0 Å². The summed E-state index contributed by atoms with van der Waals surface area (Å²) in [6, 6.07) is 14.9. The molecule has 0 aromatic heterocycles. The van der Waals surface area contributed by atoms with Gasteiger partial charge in [0.15, 0.2) is 6.04 Å². The van der Waals surface area contributed by atoms with Gasteiger partial charge in [-0.25, -0.2) is 4.90 Å². The Morgan fingerprint density at radius 2 is 1.61 bits per heavy atom. The van der Waals surface area contributed by atoms with Gasteiger partial charge in [-0.05, 0) is 55.0 Å². The SMILES string of the molecule is CCCCCCOc1ccc(N2C(=O)C[C@@H]([NH+]3CCN(c4ccc(Cl)cc4)CC3)C2=O)cc1. The number of benzene rings is 2. The topological polar surface area (TPSA) is 54.3 Å². The number of halogens is 1. The number of amides is 2. The van der Waals surface area contributed by atoms with Crippen molar-refractivity contribution < 1.29 is 19.2 Å². The summed E-state index contributed by atoms with van der Waals surface area (Å²) in [6.45, 7) is 6.22. The average Bonchev–Trinajstić information content (AvgIpc) is 3.14. The number of rotatable bonds is 9. The molecule has 1 N–H and O–H groups in total. The van der Waals surface area contributed by atoms with Crippen LogP contribution in [0.3, 0.4) is 0 Å². The maximum absolute atomic E-state index is 13.2. The standard InChI is InChI=1S/C26H32ClN3O3/c1-2-3-4-5-18-33-23-12-10-22(11-13-23)30-25(31)19-24(26(30)32)29-16-14-28(15-17-29)21-8-6-20(27)7-9-21/h6-13,24H,2-5,14-19H2,1H3/p+1/t24-/m1/s1. The largest absolute Gasteiger partial charge is 0.494 e. The van der Waals surface area contributed by atoms with E-state index in [4.69, 9.17) is 16.3 Å². The van der Waals surface area contributed by atoms with Gasteiger partial charge in [-0.1, -0.05) is 37.8 Å². The van der Waals surface area contributed by atoms with Crippen molar-refractivity contribution in [2.75, 3.05) is 42.6 Å². The zero-order valence-electron chi connectivity index (χ0n) is 19.3. The molecule has 2 saturated heterocycles. The Morgan fingerprint density at radius 3 is 2.27 bits per heavy atom. The van der Waals surface area contributed by atoms with E-state index in [1.54, 1.807) is 0 Å². The van der Waals surface area contributed by atoms with Gasteiger partial charge in [-0.3, -0.25) is 9.59 Å². The van der Waals surface area contributed by atoms with Gasteiger partial charge in [0.05, 0.1) is 44.9 Å². The molecule has 2 amide bonds. The fraction of sp³-hybridized carbons (Fsp3) is 0.462. The first-order valence-corrected chi connectivity index (χ1v) is 12.4. The number of carbonyl (C=O) groups is 2. The summed E-state index contributed by atoms with van der Waals surface area (Å²) in [7, 11) is 0. The maximum atomic E-state index is 13.2. The molecule has 2 fully saturated rings. The van der Waals surface area contributed by atoms with Crippen LogP contribution < -0.4 is 19.4 Å². The molecule has 4 rings (SSSR count). The molecule has 0 aliphatic carbocycles. The lowest BCUT2D eigenvalue weighted by molar-refractivity contribution is -0.915. The van der Waals surface area contributed by atoms with E-state index >= 15 is 0 Å². The number of carbonyl (C=O) groups excluding carboxylic acids is 2. The van der Waals surface area contributed by atoms with Crippen molar-refractivity contribution in [3.8, 4) is 5.75 Å². The van der Waals surface area contributed by atoms with Crippen molar-refractivity contribution in [3.05, 3.63) is 53.6 Å². The van der Waals surface area contributed by atoms with Crippen molar-refractivity contribution in [3.63, 3.8) is 0 Å². The summed E-state index contributed by atoms with van der Waals surface area (Å²) in [5, 5.41) is 0.727. The number of unbranched alkanes of at least 4 members (excludes halogenated alkanes) is 3. The Balaban J connectivity index is 1.32. The van der Waals surface area contributed by atoms with Crippen LogP contribution in [0.2, 0.25) is 5.02 Å². The minimum absolute atomic E-state index is 0.0943. The Hall–Kier alpha value is -2.57. The van der Waals surface area contributed by atoms with Gasteiger partial charge in [0.2, 0.25) is 5.91 Å². The lowest BCUT2D eigenvalue weighted by Gasteiger charge is -2.35. The summed E-state index contributed by atoms with van der Waals surface area (Å²) in [6.07, 6.45) is 4.90. The van der Waals surface area contributed by atoms with E-state index in [0.29, 0.717) is 12.3 Å².